The van der Waals surface area contributed by atoms with Crippen LogP contribution < -0.4 is 4.74 Å². The van der Waals surface area contributed by atoms with Crippen molar-refractivity contribution in [1.82, 2.24) is 9.88 Å². The Bertz CT molecular complexity index is 1460. The number of ether oxygens (including phenoxy) is 1. The monoisotopic (exact) mass is 470 g/mol. The summed E-state index contributed by atoms with van der Waals surface area (Å²) in [6.07, 6.45) is 2.41. The van der Waals surface area contributed by atoms with E-state index in [2.05, 4.69) is 4.98 Å². The zero-order valence-corrected chi connectivity index (χ0v) is 19.0. The second kappa shape index (κ2) is 9.10. The Morgan fingerprint density at radius 1 is 1.06 bits per heavy atom. The number of fused-ring (bicyclic) bond motifs is 1. The number of para-hydroxylation sites is 1. The van der Waals surface area contributed by atoms with E-state index in [0.29, 0.717) is 17.7 Å². The fourth-order valence-electron chi connectivity index (χ4n) is 4.61. The van der Waals surface area contributed by atoms with Crippen molar-refractivity contribution in [3.8, 4) is 5.75 Å². The molecule has 1 fully saturated rings. The summed E-state index contributed by atoms with van der Waals surface area (Å²) in [5.74, 6) is -1.72. The van der Waals surface area contributed by atoms with Gasteiger partial charge in [0, 0.05) is 29.2 Å². The number of Topliss-reactive ketones (excluding diaryl/α,β-unsaturated/α-hetero) is 1. The average molecular weight is 471 g/mol. The Morgan fingerprint density at radius 2 is 1.83 bits per heavy atom. The highest BCUT2D eigenvalue weighted by atomic mass is 19.1. The molecule has 4 aromatic rings. The number of likely N-dealkylation sites (tertiary alicyclic amines) is 1. The first-order valence-corrected chi connectivity index (χ1v) is 11.2. The summed E-state index contributed by atoms with van der Waals surface area (Å²) in [5, 5.41) is 12.1. The second-order valence-corrected chi connectivity index (χ2v) is 8.39. The summed E-state index contributed by atoms with van der Waals surface area (Å²) in [6.45, 7) is 0.258. The highest BCUT2D eigenvalue weighted by Crippen LogP contribution is 2.40. The molecule has 5 rings (SSSR count). The van der Waals surface area contributed by atoms with E-state index in [-0.39, 0.29) is 23.4 Å². The number of rotatable bonds is 6. The molecule has 0 saturated carbocycles. The standard InChI is InChI=1S/C28H23FN2O4/c1-35-21-6-4-5-18(15-21)25-24(26(32)17-9-11-20(29)12-10-17)27(33)28(34)31(25)14-13-19-16-30-23-8-3-2-7-22(19)23/h2-12,15-16,25,30,32H,13-14H2,1H3. The third-order valence-electron chi connectivity index (χ3n) is 6.36. The number of benzene rings is 3. The molecule has 1 aliphatic heterocycles. The van der Waals surface area contributed by atoms with Crippen molar-refractivity contribution in [2.75, 3.05) is 13.7 Å². The van der Waals surface area contributed by atoms with Crippen LogP contribution >= 0.6 is 0 Å². The maximum Gasteiger partial charge on any atom is 0.295 e. The number of aromatic amines is 1. The summed E-state index contributed by atoms with van der Waals surface area (Å²) < 4.78 is 18.8. The number of methoxy groups -OCH3 is 1. The van der Waals surface area contributed by atoms with Gasteiger partial charge in [0.1, 0.15) is 17.3 Å². The van der Waals surface area contributed by atoms with E-state index in [1.54, 1.807) is 24.3 Å². The van der Waals surface area contributed by atoms with Gasteiger partial charge in [-0.05, 0) is 60.0 Å². The number of aromatic nitrogens is 1. The van der Waals surface area contributed by atoms with Crippen LogP contribution in [-0.2, 0) is 16.0 Å². The molecule has 0 radical (unpaired) electrons. The highest BCUT2D eigenvalue weighted by molar-refractivity contribution is 6.46. The van der Waals surface area contributed by atoms with Gasteiger partial charge in [0.2, 0.25) is 0 Å². The van der Waals surface area contributed by atoms with E-state index in [1.807, 2.05) is 30.5 Å². The maximum atomic E-state index is 13.5. The minimum atomic E-state index is -0.819. The maximum absolute atomic E-state index is 13.5. The summed E-state index contributed by atoms with van der Waals surface area (Å²) in [5.41, 5.74) is 2.87. The van der Waals surface area contributed by atoms with Gasteiger partial charge in [0.25, 0.3) is 11.7 Å². The number of ketones is 1. The van der Waals surface area contributed by atoms with Gasteiger partial charge in [0.05, 0.1) is 18.7 Å². The van der Waals surface area contributed by atoms with Crippen LogP contribution in [-0.4, -0.2) is 40.3 Å². The number of H-pyrrole nitrogens is 1. The lowest BCUT2D eigenvalue weighted by Gasteiger charge is -2.25. The molecule has 0 spiro atoms. The van der Waals surface area contributed by atoms with E-state index in [9.17, 15) is 19.1 Å². The molecular weight excluding hydrogens is 447 g/mol. The largest absolute Gasteiger partial charge is 0.507 e. The second-order valence-electron chi connectivity index (χ2n) is 8.39. The number of carbonyl (C=O) groups is 2. The van der Waals surface area contributed by atoms with Gasteiger partial charge in [-0.2, -0.15) is 0 Å². The van der Waals surface area contributed by atoms with Crippen molar-refractivity contribution < 1.29 is 23.8 Å². The Labute approximate surface area is 201 Å². The summed E-state index contributed by atoms with van der Waals surface area (Å²) in [7, 11) is 1.53. The number of aliphatic hydroxyl groups is 1. The van der Waals surface area contributed by atoms with Crippen molar-refractivity contribution in [1.29, 1.82) is 0 Å². The molecule has 35 heavy (non-hydrogen) atoms. The minimum absolute atomic E-state index is 0.0335. The molecule has 1 atom stereocenters. The molecule has 1 amide bonds. The predicted molar refractivity (Wildman–Crippen MR) is 130 cm³/mol. The van der Waals surface area contributed by atoms with Crippen molar-refractivity contribution in [3.05, 3.63) is 107 Å². The fourth-order valence-corrected chi connectivity index (χ4v) is 4.61. The van der Waals surface area contributed by atoms with E-state index >= 15 is 0 Å². The molecule has 0 aliphatic carbocycles. The van der Waals surface area contributed by atoms with Crippen LogP contribution in [0.25, 0.3) is 16.7 Å². The molecule has 1 saturated heterocycles. The SMILES string of the molecule is COc1cccc(C2C(=C(O)c3ccc(F)cc3)C(=O)C(=O)N2CCc2c[nH]c3ccccc23)c1. The number of amides is 1. The zero-order chi connectivity index (χ0) is 24.5. The number of carbonyl (C=O) groups excluding carboxylic acids is 2. The van der Waals surface area contributed by atoms with Gasteiger partial charge in [-0.1, -0.05) is 30.3 Å². The molecule has 7 heteroatoms. The van der Waals surface area contributed by atoms with E-state index in [4.69, 9.17) is 4.74 Å². The molecule has 176 valence electrons. The topological polar surface area (TPSA) is 82.6 Å². The van der Waals surface area contributed by atoms with Crippen LogP contribution in [0.5, 0.6) is 5.75 Å². The smallest absolute Gasteiger partial charge is 0.295 e. The molecule has 1 aliphatic rings. The summed E-state index contributed by atoms with van der Waals surface area (Å²) >= 11 is 0. The van der Waals surface area contributed by atoms with Crippen LogP contribution in [0.3, 0.4) is 0 Å². The fraction of sp³-hybridized carbons (Fsp3) is 0.143. The van der Waals surface area contributed by atoms with Crippen LogP contribution in [0, 0.1) is 5.82 Å². The van der Waals surface area contributed by atoms with Gasteiger partial charge in [-0.3, -0.25) is 9.59 Å². The van der Waals surface area contributed by atoms with E-state index < -0.39 is 23.5 Å². The lowest BCUT2D eigenvalue weighted by atomic mass is 9.95. The van der Waals surface area contributed by atoms with Crippen molar-refractivity contribution >= 4 is 28.4 Å². The normalized spacial score (nSPS) is 17.3. The van der Waals surface area contributed by atoms with E-state index in [1.165, 1.54) is 36.3 Å². The molecule has 3 aromatic carbocycles. The first-order chi connectivity index (χ1) is 17.0. The first kappa shape index (κ1) is 22.4. The average Bonchev–Trinajstić information content (AvgIpc) is 3.41. The lowest BCUT2D eigenvalue weighted by Crippen LogP contribution is -2.31. The van der Waals surface area contributed by atoms with Crippen molar-refractivity contribution in [2.24, 2.45) is 0 Å². The third kappa shape index (κ3) is 4.05. The van der Waals surface area contributed by atoms with Crippen LogP contribution in [0.2, 0.25) is 0 Å². The lowest BCUT2D eigenvalue weighted by molar-refractivity contribution is -0.139. The number of nitrogens with one attached hydrogen (secondary N) is 1. The quantitative estimate of drug-likeness (QED) is 0.237. The zero-order valence-electron chi connectivity index (χ0n) is 19.0. The van der Waals surface area contributed by atoms with Gasteiger partial charge >= 0.3 is 0 Å². The highest BCUT2D eigenvalue weighted by Gasteiger charge is 2.46. The molecular formula is C28H23FN2O4. The van der Waals surface area contributed by atoms with Gasteiger partial charge in [-0.15, -0.1) is 0 Å². The Balaban J connectivity index is 1.58. The predicted octanol–water partition coefficient (Wildman–Crippen LogP) is 4.98. The summed E-state index contributed by atoms with van der Waals surface area (Å²) in [6, 6.07) is 19.3. The Morgan fingerprint density at radius 3 is 2.60 bits per heavy atom. The number of hydrogen-bond donors (Lipinski definition) is 2. The van der Waals surface area contributed by atoms with E-state index in [0.717, 1.165) is 16.5 Å². The molecule has 0 bridgehead atoms. The van der Waals surface area contributed by atoms with Crippen LogP contribution in [0.1, 0.15) is 22.7 Å². The molecule has 1 aromatic heterocycles. The first-order valence-electron chi connectivity index (χ1n) is 11.2. The minimum Gasteiger partial charge on any atom is -0.507 e. The third-order valence-corrected chi connectivity index (χ3v) is 6.36. The number of aliphatic hydroxyl groups excluding tert-OH is 1. The van der Waals surface area contributed by atoms with Gasteiger partial charge in [-0.25, -0.2) is 4.39 Å². The van der Waals surface area contributed by atoms with Gasteiger partial charge < -0.3 is 19.7 Å². The number of nitrogens with zero attached hydrogens (tertiary/aromatic N) is 1. The summed E-state index contributed by atoms with van der Waals surface area (Å²) in [4.78, 5) is 31.1. The number of halogens is 1. The molecule has 1 unspecified atom stereocenters. The Kier molecular flexibility index (Phi) is 5.82. The van der Waals surface area contributed by atoms with Crippen molar-refractivity contribution in [2.45, 2.75) is 12.5 Å². The molecule has 2 N–H and O–H groups in total. The number of hydrogen-bond acceptors (Lipinski definition) is 4. The van der Waals surface area contributed by atoms with Crippen LogP contribution in [0.4, 0.5) is 4.39 Å². The van der Waals surface area contributed by atoms with Crippen molar-refractivity contribution in [3.63, 3.8) is 0 Å². The van der Waals surface area contributed by atoms with Gasteiger partial charge in [0.15, 0.2) is 0 Å². The molecule has 6 nitrogen and oxygen atoms in total. The van der Waals surface area contributed by atoms with Crippen LogP contribution in [0.15, 0.2) is 84.6 Å². The molecule has 2 heterocycles. The Hall–Kier alpha value is -4.39.